The summed E-state index contributed by atoms with van der Waals surface area (Å²) in [4.78, 5) is 9.71. The van der Waals surface area contributed by atoms with Crippen molar-refractivity contribution in [1.29, 1.82) is 0 Å². The van der Waals surface area contributed by atoms with E-state index in [2.05, 4.69) is 0 Å². The van der Waals surface area contributed by atoms with E-state index in [4.69, 9.17) is 0 Å². The summed E-state index contributed by atoms with van der Waals surface area (Å²) in [5.41, 5.74) is 0. The molecular formula is C7H15NO3. The number of rotatable bonds is 5. The topological polar surface area (TPSA) is 63.4 Å². The smallest absolute Gasteiger partial charge is 0.235 e. The Bertz CT molecular complexity index is 127. The van der Waals surface area contributed by atoms with Gasteiger partial charge in [-0.05, 0) is 6.42 Å². The molecule has 4 nitrogen and oxygen atoms in total. The number of aliphatic hydroxyl groups is 1. The molecule has 4 heteroatoms. The first-order chi connectivity index (χ1) is 5.09. The molecular weight excluding hydrogens is 146 g/mol. The van der Waals surface area contributed by atoms with Crippen molar-refractivity contribution in [3.63, 3.8) is 0 Å². The second-order valence-electron chi connectivity index (χ2n) is 2.74. The van der Waals surface area contributed by atoms with Gasteiger partial charge in [0, 0.05) is 11.8 Å². The Hall–Kier alpha value is -0.640. The summed E-state index contributed by atoms with van der Waals surface area (Å²) in [5, 5.41) is 19.3. The van der Waals surface area contributed by atoms with Gasteiger partial charge < -0.3 is 5.11 Å². The van der Waals surface area contributed by atoms with Crippen molar-refractivity contribution in [2.45, 2.75) is 45.3 Å². The lowest BCUT2D eigenvalue weighted by molar-refractivity contribution is -0.530. The maximum Gasteiger partial charge on any atom is 0.235 e. The van der Waals surface area contributed by atoms with Crippen LogP contribution in [-0.4, -0.2) is 22.2 Å². The van der Waals surface area contributed by atoms with Gasteiger partial charge in [0.05, 0.1) is 0 Å². The Morgan fingerprint density at radius 1 is 1.64 bits per heavy atom. The number of unbranched alkanes of at least 4 members (excludes halogenated alkanes) is 1. The van der Waals surface area contributed by atoms with Crippen LogP contribution >= 0.6 is 0 Å². The standard InChI is InChI=1S/C7H15NO3/c1-3-4-5-7(9)6(2)8(10)11/h6-7,9H,3-5H2,1-2H3/t6?,7-/m0/s1. The Labute approximate surface area is 66.4 Å². The molecule has 11 heavy (non-hydrogen) atoms. The Balaban J connectivity index is 3.63. The van der Waals surface area contributed by atoms with Gasteiger partial charge in [0.1, 0.15) is 6.10 Å². The highest BCUT2D eigenvalue weighted by molar-refractivity contribution is 4.62. The quantitative estimate of drug-likeness (QED) is 0.486. The van der Waals surface area contributed by atoms with E-state index in [-0.39, 0.29) is 0 Å². The summed E-state index contributed by atoms with van der Waals surface area (Å²) in [6.45, 7) is 3.42. The van der Waals surface area contributed by atoms with Crippen LogP contribution in [0, 0.1) is 10.1 Å². The molecule has 66 valence electrons. The maximum atomic E-state index is 10.1. The molecule has 0 amide bonds. The fourth-order valence-corrected chi connectivity index (χ4v) is 0.795. The van der Waals surface area contributed by atoms with Gasteiger partial charge >= 0.3 is 0 Å². The van der Waals surface area contributed by atoms with Crippen LogP contribution in [0.25, 0.3) is 0 Å². The van der Waals surface area contributed by atoms with Gasteiger partial charge in [0.2, 0.25) is 6.04 Å². The third kappa shape index (κ3) is 3.93. The zero-order valence-electron chi connectivity index (χ0n) is 6.99. The molecule has 0 aliphatic carbocycles. The van der Waals surface area contributed by atoms with Gasteiger partial charge in [-0.25, -0.2) is 0 Å². The van der Waals surface area contributed by atoms with Crippen LogP contribution in [0.4, 0.5) is 0 Å². The summed E-state index contributed by atoms with van der Waals surface area (Å²) in [6, 6.07) is -0.832. The summed E-state index contributed by atoms with van der Waals surface area (Å²) in [6.07, 6.45) is 1.55. The highest BCUT2D eigenvalue weighted by Gasteiger charge is 2.22. The molecule has 0 aliphatic rings. The third-order valence-corrected chi connectivity index (χ3v) is 1.74. The van der Waals surface area contributed by atoms with Crippen molar-refractivity contribution in [1.82, 2.24) is 0 Å². The molecule has 0 saturated heterocycles. The summed E-state index contributed by atoms with van der Waals surface area (Å²) in [7, 11) is 0. The normalized spacial score (nSPS) is 15.9. The number of hydrogen-bond donors (Lipinski definition) is 1. The minimum atomic E-state index is -0.832. The molecule has 0 fully saturated rings. The van der Waals surface area contributed by atoms with E-state index in [1.807, 2.05) is 6.92 Å². The SMILES string of the molecule is CCCC[C@H](O)C(C)[N+](=O)[O-]. The first-order valence-electron chi connectivity index (χ1n) is 3.91. The summed E-state index contributed by atoms with van der Waals surface area (Å²) < 4.78 is 0. The van der Waals surface area contributed by atoms with E-state index in [9.17, 15) is 15.2 Å². The van der Waals surface area contributed by atoms with Gasteiger partial charge in [-0.1, -0.05) is 19.8 Å². The average Bonchev–Trinajstić information content (AvgIpc) is 1.98. The van der Waals surface area contributed by atoms with Crippen LogP contribution in [0.3, 0.4) is 0 Å². The van der Waals surface area contributed by atoms with E-state index < -0.39 is 17.1 Å². The molecule has 0 aromatic carbocycles. The van der Waals surface area contributed by atoms with Gasteiger partial charge in [0.25, 0.3) is 0 Å². The van der Waals surface area contributed by atoms with Crippen molar-refractivity contribution >= 4 is 0 Å². The third-order valence-electron chi connectivity index (χ3n) is 1.74. The second-order valence-corrected chi connectivity index (χ2v) is 2.74. The summed E-state index contributed by atoms with van der Waals surface area (Å²) >= 11 is 0. The highest BCUT2D eigenvalue weighted by atomic mass is 16.6. The Morgan fingerprint density at radius 3 is 2.55 bits per heavy atom. The molecule has 1 unspecified atom stereocenters. The minimum Gasteiger partial charge on any atom is -0.386 e. The molecule has 0 radical (unpaired) electrons. The molecule has 0 aliphatic heterocycles. The lowest BCUT2D eigenvalue weighted by Gasteiger charge is -2.10. The van der Waals surface area contributed by atoms with Gasteiger partial charge in [-0.2, -0.15) is 0 Å². The van der Waals surface area contributed by atoms with Crippen LogP contribution in [0.15, 0.2) is 0 Å². The van der Waals surface area contributed by atoms with Crippen molar-refractivity contribution < 1.29 is 10.0 Å². The van der Waals surface area contributed by atoms with Crippen LogP contribution in [-0.2, 0) is 0 Å². The molecule has 2 atom stereocenters. The number of hydrogen-bond acceptors (Lipinski definition) is 3. The molecule has 0 aromatic rings. The zero-order valence-corrected chi connectivity index (χ0v) is 6.99. The maximum absolute atomic E-state index is 10.1. The fraction of sp³-hybridized carbons (Fsp3) is 1.00. The molecule has 0 spiro atoms. The van der Waals surface area contributed by atoms with E-state index in [1.54, 1.807) is 0 Å². The van der Waals surface area contributed by atoms with Crippen molar-refractivity contribution in [3.8, 4) is 0 Å². The first-order valence-corrected chi connectivity index (χ1v) is 3.91. The van der Waals surface area contributed by atoms with E-state index in [0.29, 0.717) is 6.42 Å². The predicted molar refractivity (Wildman–Crippen MR) is 42.0 cm³/mol. The van der Waals surface area contributed by atoms with Crippen LogP contribution in [0.1, 0.15) is 33.1 Å². The van der Waals surface area contributed by atoms with Crippen LogP contribution in [0.2, 0.25) is 0 Å². The highest BCUT2D eigenvalue weighted by Crippen LogP contribution is 2.06. The molecule has 0 aromatic heterocycles. The molecule has 0 heterocycles. The Kier molecular flexibility index (Phi) is 4.77. The first kappa shape index (κ1) is 10.4. The van der Waals surface area contributed by atoms with Crippen molar-refractivity contribution in [2.75, 3.05) is 0 Å². The number of nitro groups is 1. The molecule has 0 saturated carbocycles. The van der Waals surface area contributed by atoms with Crippen LogP contribution in [0.5, 0.6) is 0 Å². The molecule has 1 N–H and O–H groups in total. The number of nitrogens with zero attached hydrogens (tertiary/aromatic N) is 1. The predicted octanol–water partition coefficient (Wildman–Crippen LogP) is 1.20. The monoisotopic (exact) mass is 161 g/mol. The zero-order chi connectivity index (χ0) is 8.85. The van der Waals surface area contributed by atoms with Crippen molar-refractivity contribution in [2.24, 2.45) is 0 Å². The van der Waals surface area contributed by atoms with Gasteiger partial charge in [-0.15, -0.1) is 0 Å². The average molecular weight is 161 g/mol. The van der Waals surface area contributed by atoms with E-state index >= 15 is 0 Å². The van der Waals surface area contributed by atoms with E-state index in [1.165, 1.54) is 6.92 Å². The van der Waals surface area contributed by atoms with Gasteiger partial charge in [-0.3, -0.25) is 10.1 Å². The fourth-order valence-electron chi connectivity index (χ4n) is 0.795. The summed E-state index contributed by atoms with van der Waals surface area (Å²) in [5.74, 6) is 0. The lowest BCUT2D eigenvalue weighted by Crippen LogP contribution is -2.30. The second kappa shape index (κ2) is 5.07. The van der Waals surface area contributed by atoms with Gasteiger partial charge in [0.15, 0.2) is 0 Å². The lowest BCUT2D eigenvalue weighted by atomic mass is 10.1. The van der Waals surface area contributed by atoms with E-state index in [0.717, 1.165) is 12.8 Å². The minimum absolute atomic E-state index is 0.444. The Morgan fingerprint density at radius 2 is 2.18 bits per heavy atom. The van der Waals surface area contributed by atoms with Crippen molar-refractivity contribution in [3.05, 3.63) is 10.1 Å². The van der Waals surface area contributed by atoms with Crippen LogP contribution < -0.4 is 0 Å². The largest absolute Gasteiger partial charge is 0.386 e. The number of aliphatic hydroxyl groups excluding tert-OH is 1. The molecule has 0 bridgehead atoms. The molecule has 0 rings (SSSR count).